The van der Waals surface area contributed by atoms with Crippen molar-refractivity contribution in [2.45, 2.75) is 20.0 Å². The molecule has 1 atom stereocenters. The summed E-state index contributed by atoms with van der Waals surface area (Å²) in [6.45, 7) is 4.31. The third kappa shape index (κ3) is 2.71. The molecule has 0 saturated heterocycles. The summed E-state index contributed by atoms with van der Waals surface area (Å²) in [5.74, 6) is 1.09. The number of rotatable bonds is 3. The Morgan fingerprint density at radius 3 is 2.95 bits per heavy atom. The number of para-hydroxylation sites is 2. The first-order valence-electron chi connectivity index (χ1n) is 6.72. The molecule has 0 saturated carbocycles. The van der Waals surface area contributed by atoms with Gasteiger partial charge in [0.05, 0.1) is 12.3 Å². The van der Waals surface area contributed by atoms with Crippen molar-refractivity contribution in [3.05, 3.63) is 39.8 Å². The number of benzene rings is 1. The molecule has 0 aliphatic carbocycles. The highest BCUT2D eigenvalue weighted by atomic mass is 32.1. The first kappa shape index (κ1) is 13.9. The van der Waals surface area contributed by atoms with Crippen LogP contribution in [0.5, 0.6) is 11.5 Å². The van der Waals surface area contributed by atoms with Crippen molar-refractivity contribution in [1.29, 1.82) is 0 Å². The molecule has 0 amide bonds. The van der Waals surface area contributed by atoms with Crippen LogP contribution < -0.4 is 9.47 Å². The van der Waals surface area contributed by atoms with Gasteiger partial charge in [-0.05, 0) is 26.0 Å². The summed E-state index contributed by atoms with van der Waals surface area (Å²) in [7, 11) is 0. The van der Waals surface area contributed by atoms with Crippen molar-refractivity contribution in [2.24, 2.45) is 0 Å². The molecule has 6 heteroatoms. The highest BCUT2D eigenvalue weighted by Gasteiger charge is 2.27. The van der Waals surface area contributed by atoms with Gasteiger partial charge in [-0.25, -0.2) is 9.78 Å². The molecule has 0 N–H and O–H groups in total. The number of fused-ring (bicyclic) bond motifs is 1. The molecule has 2 heterocycles. The highest BCUT2D eigenvalue weighted by Crippen LogP contribution is 2.37. The Kier molecular flexibility index (Phi) is 3.79. The molecule has 21 heavy (non-hydrogen) atoms. The van der Waals surface area contributed by atoms with Gasteiger partial charge in [-0.2, -0.15) is 0 Å². The second-order valence-electron chi connectivity index (χ2n) is 4.55. The molecular weight excluding hydrogens is 290 g/mol. The van der Waals surface area contributed by atoms with Crippen LogP contribution in [-0.4, -0.2) is 24.2 Å². The van der Waals surface area contributed by atoms with Crippen LogP contribution in [0.1, 0.15) is 33.4 Å². The Hall–Kier alpha value is -2.08. The predicted molar refractivity (Wildman–Crippen MR) is 78.1 cm³/mol. The van der Waals surface area contributed by atoms with Gasteiger partial charge in [-0.3, -0.25) is 0 Å². The maximum absolute atomic E-state index is 11.8. The molecule has 0 fully saturated rings. The number of aromatic nitrogens is 1. The smallest absolute Gasteiger partial charge is 0.350 e. The summed E-state index contributed by atoms with van der Waals surface area (Å²) < 4.78 is 16.6. The lowest BCUT2D eigenvalue weighted by atomic mass is 10.2. The Morgan fingerprint density at radius 2 is 2.19 bits per heavy atom. The van der Waals surface area contributed by atoms with E-state index in [1.54, 1.807) is 13.8 Å². The van der Waals surface area contributed by atoms with E-state index in [1.807, 2.05) is 24.3 Å². The molecule has 0 radical (unpaired) electrons. The van der Waals surface area contributed by atoms with Gasteiger partial charge >= 0.3 is 5.97 Å². The highest BCUT2D eigenvalue weighted by molar-refractivity contribution is 7.13. The zero-order valence-corrected chi connectivity index (χ0v) is 12.6. The van der Waals surface area contributed by atoms with Crippen molar-refractivity contribution in [3.63, 3.8) is 0 Å². The topological polar surface area (TPSA) is 57.7 Å². The largest absolute Gasteiger partial charge is 0.485 e. The van der Waals surface area contributed by atoms with Crippen molar-refractivity contribution in [2.75, 3.05) is 13.2 Å². The van der Waals surface area contributed by atoms with E-state index in [1.165, 1.54) is 11.3 Å². The lowest BCUT2D eigenvalue weighted by Gasteiger charge is -2.24. The van der Waals surface area contributed by atoms with Gasteiger partial charge < -0.3 is 14.2 Å². The second kappa shape index (κ2) is 5.73. The molecule has 1 aliphatic rings. The molecule has 0 bridgehead atoms. The molecule has 1 aromatic carbocycles. The summed E-state index contributed by atoms with van der Waals surface area (Å²) in [6, 6.07) is 7.51. The van der Waals surface area contributed by atoms with E-state index in [2.05, 4.69) is 4.98 Å². The number of aryl methyl sites for hydroxylation is 1. The maximum Gasteiger partial charge on any atom is 0.350 e. The average Bonchev–Trinajstić information content (AvgIpc) is 2.89. The average molecular weight is 305 g/mol. The molecule has 110 valence electrons. The van der Waals surface area contributed by atoms with Gasteiger partial charge in [-0.15, -0.1) is 11.3 Å². The Morgan fingerprint density at radius 1 is 1.43 bits per heavy atom. The van der Waals surface area contributed by atoms with E-state index in [4.69, 9.17) is 14.2 Å². The van der Waals surface area contributed by atoms with Crippen LogP contribution in [0.15, 0.2) is 24.3 Å². The first-order chi connectivity index (χ1) is 10.2. The molecule has 0 unspecified atom stereocenters. The fourth-order valence-electron chi connectivity index (χ4n) is 2.08. The number of carbonyl (C=O) groups excluding carboxylic acids is 1. The van der Waals surface area contributed by atoms with E-state index in [9.17, 15) is 4.79 Å². The molecular formula is C15H15NO4S. The minimum atomic E-state index is -0.337. The molecule has 1 aliphatic heterocycles. The van der Waals surface area contributed by atoms with Gasteiger partial charge in [0.2, 0.25) is 0 Å². The van der Waals surface area contributed by atoms with Crippen LogP contribution in [0.4, 0.5) is 0 Å². The van der Waals surface area contributed by atoms with Crippen molar-refractivity contribution in [3.8, 4) is 11.5 Å². The monoisotopic (exact) mass is 305 g/mol. The molecule has 2 aromatic rings. The van der Waals surface area contributed by atoms with Crippen LogP contribution in [0.25, 0.3) is 0 Å². The lowest BCUT2D eigenvalue weighted by molar-refractivity contribution is 0.0531. The summed E-state index contributed by atoms with van der Waals surface area (Å²) in [5.41, 5.74) is 0.663. The number of hydrogen-bond donors (Lipinski definition) is 0. The number of esters is 1. The predicted octanol–water partition coefficient (Wildman–Crippen LogP) is 3.14. The third-order valence-corrected chi connectivity index (χ3v) is 4.29. The van der Waals surface area contributed by atoms with Crippen LogP contribution in [0, 0.1) is 6.92 Å². The van der Waals surface area contributed by atoms with Gasteiger partial charge in [-0.1, -0.05) is 12.1 Å². The molecule has 0 spiro atoms. The van der Waals surface area contributed by atoms with Crippen LogP contribution in [0.3, 0.4) is 0 Å². The van der Waals surface area contributed by atoms with Gasteiger partial charge in [0, 0.05) is 0 Å². The molecule has 1 aromatic heterocycles. The number of hydrogen-bond acceptors (Lipinski definition) is 6. The van der Waals surface area contributed by atoms with Gasteiger partial charge in [0.25, 0.3) is 0 Å². The lowest BCUT2D eigenvalue weighted by Crippen LogP contribution is -2.21. The fourth-order valence-corrected chi connectivity index (χ4v) is 3.06. The van der Waals surface area contributed by atoms with Gasteiger partial charge in [0.1, 0.15) is 16.5 Å². The van der Waals surface area contributed by atoms with Gasteiger partial charge in [0.15, 0.2) is 17.6 Å². The Balaban J connectivity index is 1.83. The summed E-state index contributed by atoms with van der Waals surface area (Å²) in [6.07, 6.45) is -0.299. The quantitative estimate of drug-likeness (QED) is 0.815. The zero-order valence-electron chi connectivity index (χ0n) is 11.8. The fraction of sp³-hybridized carbons (Fsp3) is 0.333. The standard InChI is InChI=1S/C15H15NO4S/c1-3-18-15(17)13-9(2)16-14(21-13)12-8-19-10-6-4-5-7-11(10)20-12/h4-7,12H,3,8H2,1-2H3/t12-/m1/s1. The van der Waals surface area contributed by atoms with Crippen LogP contribution in [-0.2, 0) is 4.74 Å². The van der Waals surface area contributed by atoms with Crippen molar-refractivity contribution < 1.29 is 19.0 Å². The Bertz CT molecular complexity index is 667. The zero-order chi connectivity index (χ0) is 14.8. The minimum absolute atomic E-state index is 0.299. The normalized spacial score (nSPS) is 16.6. The van der Waals surface area contributed by atoms with E-state index in [0.29, 0.717) is 29.5 Å². The summed E-state index contributed by atoms with van der Waals surface area (Å²) in [4.78, 5) is 16.8. The SMILES string of the molecule is CCOC(=O)c1sc([C@H]2COc3ccccc3O2)nc1C. The second-order valence-corrected chi connectivity index (χ2v) is 5.58. The van der Waals surface area contributed by atoms with E-state index in [-0.39, 0.29) is 12.1 Å². The van der Waals surface area contributed by atoms with E-state index < -0.39 is 0 Å². The minimum Gasteiger partial charge on any atom is -0.485 e. The first-order valence-corrected chi connectivity index (χ1v) is 7.53. The van der Waals surface area contributed by atoms with Crippen LogP contribution >= 0.6 is 11.3 Å². The summed E-state index contributed by atoms with van der Waals surface area (Å²) >= 11 is 1.30. The summed E-state index contributed by atoms with van der Waals surface area (Å²) in [5, 5.41) is 0.727. The number of ether oxygens (including phenoxy) is 3. The van der Waals surface area contributed by atoms with Crippen LogP contribution in [0.2, 0.25) is 0 Å². The number of carbonyl (C=O) groups is 1. The van der Waals surface area contributed by atoms with E-state index >= 15 is 0 Å². The Labute approximate surface area is 126 Å². The van der Waals surface area contributed by atoms with Crippen molar-refractivity contribution in [1.82, 2.24) is 4.98 Å². The number of thiazole rings is 1. The molecule has 3 rings (SSSR count). The van der Waals surface area contributed by atoms with Crippen molar-refractivity contribution >= 4 is 17.3 Å². The maximum atomic E-state index is 11.8. The third-order valence-electron chi connectivity index (χ3n) is 3.06. The number of nitrogens with zero attached hydrogens (tertiary/aromatic N) is 1. The molecule has 5 nitrogen and oxygen atoms in total. The van der Waals surface area contributed by atoms with E-state index in [0.717, 1.165) is 10.8 Å².